The molecule has 3 heteroatoms. The fourth-order valence-electron chi connectivity index (χ4n) is 2.61. The Morgan fingerprint density at radius 3 is 2.50 bits per heavy atom. The van der Waals surface area contributed by atoms with E-state index in [1.807, 2.05) is 36.2 Å². The molecule has 98 valence electrons. The standard InChI is InChI=1S/C15H22N2O/c1-17(14-4-2-3-5-14)15(18)11-8-12-6-9-13(16)10-7-12/h6-7,9-10,14H,2-5,8,11,16H2,1H3. The van der Waals surface area contributed by atoms with Gasteiger partial charge in [0.25, 0.3) is 0 Å². The Morgan fingerprint density at radius 1 is 1.28 bits per heavy atom. The molecule has 1 aromatic rings. The highest BCUT2D eigenvalue weighted by Gasteiger charge is 2.22. The van der Waals surface area contributed by atoms with E-state index in [9.17, 15) is 4.79 Å². The third-order valence-electron chi connectivity index (χ3n) is 3.87. The summed E-state index contributed by atoms with van der Waals surface area (Å²) in [6.45, 7) is 0. The maximum atomic E-state index is 12.1. The Bertz CT molecular complexity index is 393. The van der Waals surface area contributed by atoms with Crippen LogP contribution in [-0.4, -0.2) is 23.9 Å². The monoisotopic (exact) mass is 246 g/mol. The lowest BCUT2D eigenvalue weighted by atomic mass is 10.1. The highest BCUT2D eigenvalue weighted by Crippen LogP contribution is 2.23. The fraction of sp³-hybridized carbons (Fsp3) is 0.533. The van der Waals surface area contributed by atoms with Crippen molar-refractivity contribution >= 4 is 11.6 Å². The lowest BCUT2D eigenvalue weighted by Gasteiger charge is -2.24. The van der Waals surface area contributed by atoms with E-state index in [-0.39, 0.29) is 5.91 Å². The number of nitrogens with zero attached hydrogens (tertiary/aromatic N) is 1. The molecule has 0 bridgehead atoms. The van der Waals surface area contributed by atoms with Crippen molar-refractivity contribution in [1.29, 1.82) is 0 Å². The van der Waals surface area contributed by atoms with Crippen molar-refractivity contribution in [2.45, 2.75) is 44.6 Å². The molecule has 3 nitrogen and oxygen atoms in total. The summed E-state index contributed by atoms with van der Waals surface area (Å²) in [5.41, 5.74) is 7.59. The third kappa shape index (κ3) is 3.25. The summed E-state index contributed by atoms with van der Waals surface area (Å²) in [5.74, 6) is 0.263. The van der Waals surface area contributed by atoms with Crippen molar-refractivity contribution in [3.8, 4) is 0 Å². The van der Waals surface area contributed by atoms with Crippen LogP contribution in [-0.2, 0) is 11.2 Å². The molecular weight excluding hydrogens is 224 g/mol. The second-order valence-corrected chi connectivity index (χ2v) is 5.18. The minimum Gasteiger partial charge on any atom is -0.399 e. The Morgan fingerprint density at radius 2 is 1.89 bits per heavy atom. The van der Waals surface area contributed by atoms with E-state index < -0.39 is 0 Å². The van der Waals surface area contributed by atoms with Gasteiger partial charge in [-0.25, -0.2) is 0 Å². The molecule has 0 radical (unpaired) electrons. The topological polar surface area (TPSA) is 46.3 Å². The van der Waals surface area contributed by atoms with E-state index in [1.165, 1.54) is 31.2 Å². The van der Waals surface area contributed by atoms with Crippen molar-refractivity contribution < 1.29 is 4.79 Å². The van der Waals surface area contributed by atoms with Crippen molar-refractivity contribution in [2.75, 3.05) is 12.8 Å². The predicted octanol–water partition coefficient (Wildman–Crippen LogP) is 2.60. The quantitative estimate of drug-likeness (QED) is 0.830. The van der Waals surface area contributed by atoms with Gasteiger partial charge >= 0.3 is 0 Å². The van der Waals surface area contributed by atoms with Gasteiger partial charge in [0.2, 0.25) is 5.91 Å². The number of hydrogen-bond donors (Lipinski definition) is 1. The van der Waals surface area contributed by atoms with Gasteiger partial charge < -0.3 is 10.6 Å². The molecule has 0 spiro atoms. The molecule has 2 rings (SSSR count). The van der Waals surface area contributed by atoms with Gasteiger partial charge in [-0.15, -0.1) is 0 Å². The van der Waals surface area contributed by atoms with Crippen molar-refractivity contribution in [3.63, 3.8) is 0 Å². The first-order valence-electron chi connectivity index (χ1n) is 6.77. The SMILES string of the molecule is CN(C(=O)CCc1ccc(N)cc1)C1CCCC1. The molecule has 1 aliphatic carbocycles. The first-order valence-corrected chi connectivity index (χ1v) is 6.77. The highest BCUT2D eigenvalue weighted by molar-refractivity contribution is 5.76. The van der Waals surface area contributed by atoms with E-state index in [1.54, 1.807) is 0 Å². The first kappa shape index (κ1) is 12.9. The minimum atomic E-state index is 0.263. The zero-order valence-electron chi connectivity index (χ0n) is 11.1. The van der Waals surface area contributed by atoms with E-state index in [0.717, 1.165) is 12.1 Å². The zero-order chi connectivity index (χ0) is 13.0. The molecule has 0 saturated heterocycles. The minimum absolute atomic E-state index is 0.263. The molecule has 1 amide bonds. The van der Waals surface area contributed by atoms with Crippen molar-refractivity contribution in [1.82, 2.24) is 4.90 Å². The lowest BCUT2D eigenvalue weighted by Crippen LogP contribution is -2.35. The van der Waals surface area contributed by atoms with Crippen LogP contribution in [0.2, 0.25) is 0 Å². The number of aryl methyl sites for hydroxylation is 1. The molecule has 0 unspecified atom stereocenters. The smallest absolute Gasteiger partial charge is 0.222 e. The van der Waals surface area contributed by atoms with Crippen LogP contribution in [0.25, 0.3) is 0 Å². The number of benzene rings is 1. The average molecular weight is 246 g/mol. The molecule has 1 saturated carbocycles. The van der Waals surface area contributed by atoms with Crippen LogP contribution < -0.4 is 5.73 Å². The highest BCUT2D eigenvalue weighted by atomic mass is 16.2. The maximum Gasteiger partial charge on any atom is 0.222 e. The van der Waals surface area contributed by atoms with E-state index in [4.69, 9.17) is 5.73 Å². The van der Waals surface area contributed by atoms with Gasteiger partial charge in [0.15, 0.2) is 0 Å². The average Bonchev–Trinajstić information content (AvgIpc) is 2.90. The first-order chi connectivity index (χ1) is 8.66. The van der Waals surface area contributed by atoms with Crippen LogP contribution in [0.1, 0.15) is 37.7 Å². The van der Waals surface area contributed by atoms with Crippen LogP contribution in [0.5, 0.6) is 0 Å². The number of rotatable bonds is 4. The number of hydrogen-bond acceptors (Lipinski definition) is 2. The number of carbonyl (C=O) groups excluding carboxylic acids is 1. The summed E-state index contributed by atoms with van der Waals surface area (Å²) in [7, 11) is 1.95. The van der Waals surface area contributed by atoms with Crippen molar-refractivity contribution in [3.05, 3.63) is 29.8 Å². The summed E-state index contributed by atoms with van der Waals surface area (Å²) < 4.78 is 0. The molecular formula is C15H22N2O. The Hall–Kier alpha value is -1.51. The molecule has 0 aliphatic heterocycles. The number of nitrogens with two attached hydrogens (primary N) is 1. The van der Waals surface area contributed by atoms with Crippen LogP contribution in [0.15, 0.2) is 24.3 Å². The Labute approximate surface area is 109 Å². The summed E-state index contributed by atoms with van der Waals surface area (Å²) in [4.78, 5) is 14.0. The summed E-state index contributed by atoms with van der Waals surface area (Å²) in [5, 5.41) is 0. The molecule has 0 atom stereocenters. The molecule has 0 heterocycles. The molecule has 1 fully saturated rings. The van der Waals surface area contributed by atoms with Gasteiger partial charge in [0, 0.05) is 25.2 Å². The summed E-state index contributed by atoms with van der Waals surface area (Å²) in [6, 6.07) is 8.25. The van der Waals surface area contributed by atoms with Crippen LogP contribution in [0, 0.1) is 0 Å². The van der Waals surface area contributed by atoms with Gasteiger partial charge in [0.05, 0.1) is 0 Å². The molecule has 1 aromatic carbocycles. The summed E-state index contributed by atoms with van der Waals surface area (Å²) in [6.07, 6.45) is 6.27. The number of nitrogen functional groups attached to an aromatic ring is 1. The van der Waals surface area contributed by atoms with E-state index in [2.05, 4.69) is 0 Å². The predicted molar refractivity (Wildman–Crippen MR) is 74.2 cm³/mol. The van der Waals surface area contributed by atoms with E-state index in [0.29, 0.717) is 12.5 Å². The molecule has 18 heavy (non-hydrogen) atoms. The van der Waals surface area contributed by atoms with Crippen LogP contribution in [0.4, 0.5) is 5.69 Å². The third-order valence-corrected chi connectivity index (χ3v) is 3.87. The Kier molecular flexibility index (Phi) is 4.24. The number of amides is 1. The fourth-order valence-corrected chi connectivity index (χ4v) is 2.61. The van der Waals surface area contributed by atoms with Crippen LogP contribution >= 0.6 is 0 Å². The lowest BCUT2D eigenvalue weighted by molar-refractivity contribution is -0.131. The van der Waals surface area contributed by atoms with Gasteiger partial charge in [-0.1, -0.05) is 25.0 Å². The molecule has 2 N–H and O–H groups in total. The van der Waals surface area contributed by atoms with Crippen LogP contribution in [0.3, 0.4) is 0 Å². The van der Waals surface area contributed by atoms with Crippen molar-refractivity contribution in [2.24, 2.45) is 0 Å². The Balaban J connectivity index is 1.82. The normalized spacial score (nSPS) is 15.8. The van der Waals surface area contributed by atoms with E-state index >= 15 is 0 Å². The molecule has 1 aliphatic rings. The summed E-state index contributed by atoms with van der Waals surface area (Å²) >= 11 is 0. The zero-order valence-corrected chi connectivity index (χ0v) is 11.1. The molecule has 0 aromatic heterocycles. The largest absolute Gasteiger partial charge is 0.399 e. The number of anilines is 1. The van der Waals surface area contributed by atoms with Gasteiger partial charge in [-0.05, 0) is 37.0 Å². The number of carbonyl (C=O) groups is 1. The van der Waals surface area contributed by atoms with Gasteiger partial charge in [-0.3, -0.25) is 4.79 Å². The van der Waals surface area contributed by atoms with Gasteiger partial charge in [0.1, 0.15) is 0 Å². The maximum absolute atomic E-state index is 12.1. The second kappa shape index (κ2) is 5.89. The van der Waals surface area contributed by atoms with Gasteiger partial charge in [-0.2, -0.15) is 0 Å². The second-order valence-electron chi connectivity index (χ2n) is 5.18.